The van der Waals surface area contributed by atoms with Gasteiger partial charge in [-0.15, -0.1) is 0 Å². The van der Waals surface area contributed by atoms with E-state index in [1.54, 1.807) is 0 Å². The van der Waals surface area contributed by atoms with Gasteiger partial charge in [0, 0.05) is 9.86 Å². The largest absolute Gasteiger partial charge is 0.248 e. The molecule has 19 heavy (non-hydrogen) atoms. The van der Waals surface area contributed by atoms with E-state index in [9.17, 15) is 0 Å². The smallest absolute Gasteiger partial charge is 0.0709 e. The molecule has 0 aliphatic heterocycles. The Hall–Kier alpha value is -1.93. The van der Waals surface area contributed by atoms with E-state index < -0.39 is 0 Å². The first-order valence-electron chi connectivity index (χ1n) is 6.11. The van der Waals surface area contributed by atoms with E-state index in [0.29, 0.717) is 0 Å². The minimum Gasteiger partial charge on any atom is -0.248 e. The number of nitrogens with zero attached hydrogens (tertiary/aromatic N) is 1. The number of benzene rings is 2. The highest BCUT2D eigenvalue weighted by molar-refractivity contribution is 9.10. The minimum absolute atomic E-state index is 0.974. The molecule has 0 radical (unpaired) electrons. The Kier molecular flexibility index (Phi) is 3.43. The van der Waals surface area contributed by atoms with Gasteiger partial charge in [-0.25, -0.2) is 4.98 Å². The molecule has 0 saturated heterocycles. The van der Waals surface area contributed by atoms with Crippen molar-refractivity contribution in [2.75, 3.05) is 0 Å². The fourth-order valence-corrected chi connectivity index (χ4v) is 2.19. The van der Waals surface area contributed by atoms with Gasteiger partial charge in [-0.1, -0.05) is 58.4 Å². The highest BCUT2D eigenvalue weighted by atomic mass is 79.9. The van der Waals surface area contributed by atoms with Gasteiger partial charge in [0.2, 0.25) is 0 Å². The van der Waals surface area contributed by atoms with E-state index in [0.717, 1.165) is 21.2 Å². The third-order valence-electron chi connectivity index (χ3n) is 2.94. The zero-order valence-corrected chi connectivity index (χ0v) is 11.8. The van der Waals surface area contributed by atoms with Crippen LogP contribution in [0, 0.1) is 0 Å². The fourth-order valence-electron chi connectivity index (χ4n) is 1.93. The molecule has 0 N–H and O–H groups in total. The normalized spacial score (nSPS) is 11.2. The number of fused-ring (bicyclic) bond motifs is 1. The van der Waals surface area contributed by atoms with Crippen LogP contribution in [0.4, 0.5) is 0 Å². The van der Waals surface area contributed by atoms with Crippen molar-refractivity contribution in [2.45, 2.75) is 0 Å². The van der Waals surface area contributed by atoms with Crippen LogP contribution in [0.3, 0.4) is 0 Å². The maximum Gasteiger partial charge on any atom is 0.0709 e. The molecule has 1 nitrogen and oxygen atoms in total. The summed E-state index contributed by atoms with van der Waals surface area (Å²) in [6.45, 7) is 0. The standard InChI is InChI=1S/C17H12BrN/c18-15-9-5-13(6-10-15)7-11-16-12-8-14-3-1-2-4-17(14)19-16/h1-12H/b11-7+. The van der Waals surface area contributed by atoms with Crippen molar-refractivity contribution in [3.63, 3.8) is 0 Å². The van der Waals surface area contributed by atoms with Crippen molar-refractivity contribution in [1.29, 1.82) is 0 Å². The molecule has 92 valence electrons. The summed E-state index contributed by atoms with van der Waals surface area (Å²) in [5.74, 6) is 0. The Morgan fingerprint density at radius 2 is 1.58 bits per heavy atom. The molecule has 0 amide bonds. The van der Waals surface area contributed by atoms with E-state index >= 15 is 0 Å². The van der Waals surface area contributed by atoms with E-state index in [1.807, 2.05) is 42.5 Å². The van der Waals surface area contributed by atoms with Crippen molar-refractivity contribution in [1.82, 2.24) is 4.98 Å². The number of hydrogen-bond acceptors (Lipinski definition) is 1. The van der Waals surface area contributed by atoms with Gasteiger partial charge >= 0.3 is 0 Å². The quantitative estimate of drug-likeness (QED) is 0.636. The molecule has 0 bridgehead atoms. The Balaban J connectivity index is 1.90. The summed E-state index contributed by atoms with van der Waals surface area (Å²) in [6, 6.07) is 20.5. The molecule has 0 atom stereocenters. The molecule has 3 aromatic rings. The lowest BCUT2D eigenvalue weighted by Gasteiger charge is -1.98. The maximum atomic E-state index is 4.61. The lowest BCUT2D eigenvalue weighted by Crippen LogP contribution is -1.82. The molecule has 1 heterocycles. The molecule has 3 rings (SSSR count). The second-order valence-electron chi connectivity index (χ2n) is 4.31. The van der Waals surface area contributed by atoms with Gasteiger partial charge in [0.05, 0.1) is 11.2 Å². The van der Waals surface area contributed by atoms with Gasteiger partial charge in [0.25, 0.3) is 0 Å². The number of hydrogen-bond donors (Lipinski definition) is 0. The topological polar surface area (TPSA) is 12.9 Å². The van der Waals surface area contributed by atoms with Gasteiger partial charge < -0.3 is 0 Å². The summed E-state index contributed by atoms with van der Waals surface area (Å²) in [4.78, 5) is 4.61. The van der Waals surface area contributed by atoms with Crippen molar-refractivity contribution in [3.05, 3.63) is 76.4 Å². The number of halogens is 1. The van der Waals surface area contributed by atoms with E-state index in [-0.39, 0.29) is 0 Å². The number of aromatic nitrogens is 1. The molecule has 0 aliphatic rings. The van der Waals surface area contributed by atoms with Crippen LogP contribution in [0.2, 0.25) is 0 Å². The monoisotopic (exact) mass is 309 g/mol. The van der Waals surface area contributed by atoms with Gasteiger partial charge in [0.15, 0.2) is 0 Å². The number of para-hydroxylation sites is 1. The summed E-state index contributed by atoms with van der Waals surface area (Å²) in [5, 5.41) is 1.17. The molecule has 0 fully saturated rings. The summed E-state index contributed by atoms with van der Waals surface area (Å²) in [5.41, 5.74) is 3.17. The Bertz CT molecular complexity index is 730. The van der Waals surface area contributed by atoms with Crippen molar-refractivity contribution < 1.29 is 0 Å². The van der Waals surface area contributed by atoms with Crippen LogP contribution in [0.15, 0.2) is 65.1 Å². The third-order valence-corrected chi connectivity index (χ3v) is 3.47. The first-order valence-corrected chi connectivity index (χ1v) is 6.90. The van der Waals surface area contributed by atoms with Gasteiger partial charge in [-0.3, -0.25) is 0 Å². The second kappa shape index (κ2) is 5.37. The molecule has 2 aromatic carbocycles. The third kappa shape index (κ3) is 2.91. The highest BCUT2D eigenvalue weighted by Crippen LogP contribution is 2.15. The van der Waals surface area contributed by atoms with Crippen LogP contribution in [-0.4, -0.2) is 4.98 Å². The van der Waals surface area contributed by atoms with Crippen molar-refractivity contribution in [2.24, 2.45) is 0 Å². The summed E-state index contributed by atoms with van der Waals surface area (Å²) >= 11 is 3.43. The van der Waals surface area contributed by atoms with Crippen LogP contribution < -0.4 is 0 Å². The number of pyridine rings is 1. The molecule has 0 aliphatic carbocycles. The lowest BCUT2D eigenvalue weighted by atomic mass is 10.1. The predicted octanol–water partition coefficient (Wildman–Crippen LogP) is 5.17. The highest BCUT2D eigenvalue weighted by Gasteiger charge is 1.94. The summed E-state index contributed by atoms with van der Waals surface area (Å²) < 4.78 is 1.09. The maximum absolute atomic E-state index is 4.61. The van der Waals surface area contributed by atoms with Crippen LogP contribution in [0.25, 0.3) is 23.1 Å². The zero-order chi connectivity index (χ0) is 13.1. The second-order valence-corrected chi connectivity index (χ2v) is 5.23. The van der Waals surface area contributed by atoms with Crippen LogP contribution >= 0.6 is 15.9 Å². The van der Waals surface area contributed by atoms with E-state index in [2.05, 4.69) is 51.3 Å². The van der Waals surface area contributed by atoms with Crippen LogP contribution in [0.5, 0.6) is 0 Å². The first-order chi connectivity index (χ1) is 9.31. The van der Waals surface area contributed by atoms with E-state index in [4.69, 9.17) is 0 Å². The SMILES string of the molecule is Brc1ccc(/C=C/c2ccc3ccccc3n2)cc1. The Morgan fingerprint density at radius 1 is 0.789 bits per heavy atom. The average molecular weight is 310 g/mol. The molecular weight excluding hydrogens is 298 g/mol. The number of rotatable bonds is 2. The predicted molar refractivity (Wildman–Crippen MR) is 84.8 cm³/mol. The average Bonchev–Trinajstić information content (AvgIpc) is 2.46. The molecule has 0 spiro atoms. The lowest BCUT2D eigenvalue weighted by molar-refractivity contribution is 1.37. The van der Waals surface area contributed by atoms with E-state index in [1.165, 1.54) is 5.39 Å². The fraction of sp³-hybridized carbons (Fsp3) is 0. The molecule has 0 unspecified atom stereocenters. The van der Waals surface area contributed by atoms with Gasteiger partial charge in [-0.2, -0.15) is 0 Å². The van der Waals surface area contributed by atoms with Gasteiger partial charge in [-0.05, 0) is 35.9 Å². The summed E-state index contributed by atoms with van der Waals surface area (Å²) in [6.07, 6.45) is 4.11. The first kappa shape index (κ1) is 12.1. The molecule has 1 aromatic heterocycles. The molecular formula is C17H12BrN. The molecule has 2 heteroatoms. The van der Waals surface area contributed by atoms with Gasteiger partial charge in [0.1, 0.15) is 0 Å². The Morgan fingerprint density at radius 3 is 2.42 bits per heavy atom. The van der Waals surface area contributed by atoms with Crippen LogP contribution in [-0.2, 0) is 0 Å². The van der Waals surface area contributed by atoms with Crippen LogP contribution in [0.1, 0.15) is 11.3 Å². The zero-order valence-electron chi connectivity index (χ0n) is 10.3. The van der Waals surface area contributed by atoms with Crippen molar-refractivity contribution >= 4 is 39.0 Å². The van der Waals surface area contributed by atoms with Crippen molar-refractivity contribution in [3.8, 4) is 0 Å². The minimum atomic E-state index is 0.974. The Labute approximate surface area is 120 Å². The summed E-state index contributed by atoms with van der Waals surface area (Å²) in [7, 11) is 0. The molecule has 0 saturated carbocycles.